The lowest BCUT2D eigenvalue weighted by Gasteiger charge is -2.11. The van der Waals surface area contributed by atoms with Crippen molar-refractivity contribution in [3.63, 3.8) is 0 Å². The lowest BCUT2D eigenvalue weighted by Crippen LogP contribution is -2.32. The van der Waals surface area contributed by atoms with Gasteiger partial charge in [0.05, 0.1) is 11.4 Å². The van der Waals surface area contributed by atoms with E-state index in [1.54, 1.807) is 36.4 Å². The summed E-state index contributed by atoms with van der Waals surface area (Å²) in [5, 5.41) is 5.88. The number of amides is 2. The Hall–Kier alpha value is -2.40. The van der Waals surface area contributed by atoms with Crippen molar-refractivity contribution in [1.29, 1.82) is 0 Å². The Morgan fingerprint density at radius 2 is 1.95 bits per heavy atom. The number of benzene rings is 2. The van der Waals surface area contributed by atoms with Crippen molar-refractivity contribution >= 4 is 29.0 Å². The van der Waals surface area contributed by atoms with Crippen LogP contribution in [0.4, 0.5) is 16.2 Å². The van der Waals surface area contributed by atoms with Crippen molar-refractivity contribution in [3.05, 3.63) is 53.1 Å². The fraction of sp³-hybridized carbons (Fsp3) is 0.133. The predicted molar refractivity (Wildman–Crippen MR) is 84.7 cm³/mol. The zero-order valence-corrected chi connectivity index (χ0v) is 12.3. The molecule has 0 aromatic heterocycles. The number of ether oxygens (including phenoxy) is 1. The number of anilines is 2. The molecule has 0 fully saturated rings. The highest BCUT2D eigenvalue weighted by Gasteiger charge is 2.05. The van der Waals surface area contributed by atoms with Crippen LogP contribution in [0, 0.1) is 6.92 Å². The number of carbonyl (C=O) groups excluding carboxylic acids is 1. The minimum absolute atomic E-state index is 0.0409. The molecular weight excluding hydrogens is 290 g/mol. The molecule has 0 aliphatic rings. The summed E-state index contributed by atoms with van der Waals surface area (Å²) in [6.45, 7) is 1.96. The van der Waals surface area contributed by atoms with Gasteiger partial charge in [0.15, 0.2) is 6.73 Å². The molecule has 0 radical (unpaired) electrons. The summed E-state index contributed by atoms with van der Waals surface area (Å²) in [6.07, 6.45) is 0. The quantitative estimate of drug-likeness (QED) is 0.598. The lowest BCUT2D eigenvalue weighted by molar-refractivity contribution is 0.234. The summed E-state index contributed by atoms with van der Waals surface area (Å²) >= 11 is 5.77. The number of nitrogens with one attached hydrogen (secondary N) is 2. The first kappa shape index (κ1) is 15.0. The van der Waals surface area contributed by atoms with E-state index in [4.69, 9.17) is 22.1 Å². The predicted octanol–water partition coefficient (Wildman–Crippen LogP) is 3.39. The summed E-state index contributed by atoms with van der Waals surface area (Å²) in [7, 11) is 0. The van der Waals surface area contributed by atoms with Crippen LogP contribution in [0.5, 0.6) is 5.75 Å². The van der Waals surface area contributed by atoms with Crippen molar-refractivity contribution in [2.75, 3.05) is 17.8 Å². The molecular formula is C15H16ClN3O2. The second-order valence-corrected chi connectivity index (χ2v) is 4.90. The number of halogens is 1. The van der Waals surface area contributed by atoms with Crippen molar-refractivity contribution in [2.24, 2.45) is 0 Å². The van der Waals surface area contributed by atoms with E-state index < -0.39 is 0 Å². The van der Waals surface area contributed by atoms with Crippen molar-refractivity contribution in [2.45, 2.75) is 6.92 Å². The standard InChI is InChI=1S/C15H16ClN3O2/c1-10-2-7-13(17)14(8-10)19-15(20)18-9-21-12-5-3-11(16)4-6-12/h2-8H,9,17H2,1H3,(H2,18,19,20). The first-order valence-electron chi connectivity index (χ1n) is 6.34. The Balaban J connectivity index is 1.82. The van der Waals surface area contributed by atoms with Gasteiger partial charge in [0, 0.05) is 5.02 Å². The largest absolute Gasteiger partial charge is 0.473 e. The van der Waals surface area contributed by atoms with Crippen molar-refractivity contribution in [1.82, 2.24) is 5.32 Å². The maximum absolute atomic E-state index is 11.7. The van der Waals surface area contributed by atoms with Gasteiger partial charge in [-0.1, -0.05) is 17.7 Å². The monoisotopic (exact) mass is 305 g/mol. The van der Waals surface area contributed by atoms with Gasteiger partial charge in [-0.2, -0.15) is 0 Å². The number of nitrogens with two attached hydrogens (primary N) is 1. The molecule has 0 spiro atoms. The molecule has 2 amide bonds. The van der Waals surface area contributed by atoms with Gasteiger partial charge in [-0.15, -0.1) is 0 Å². The third-order valence-electron chi connectivity index (χ3n) is 2.74. The van der Waals surface area contributed by atoms with Gasteiger partial charge >= 0.3 is 6.03 Å². The highest BCUT2D eigenvalue weighted by atomic mass is 35.5. The molecule has 2 aromatic carbocycles. The molecule has 2 aromatic rings. The highest BCUT2D eigenvalue weighted by molar-refractivity contribution is 6.30. The summed E-state index contributed by atoms with van der Waals surface area (Å²) in [5.74, 6) is 0.620. The fourth-order valence-electron chi connectivity index (χ4n) is 1.66. The summed E-state index contributed by atoms with van der Waals surface area (Å²) < 4.78 is 5.36. The fourth-order valence-corrected chi connectivity index (χ4v) is 1.79. The minimum Gasteiger partial charge on any atom is -0.473 e. The molecule has 0 aliphatic carbocycles. The number of hydrogen-bond acceptors (Lipinski definition) is 3. The Bertz CT molecular complexity index is 629. The first-order valence-corrected chi connectivity index (χ1v) is 6.72. The third kappa shape index (κ3) is 4.57. The zero-order valence-electron chi connectivity index (χ0n) is 11.5. The molecule has 0 aliphatic heterocycles. The Morgan fingerprint density at radius 3 is 2.67 bits per heavy atom. The van der Waals surface area contributed by atoms with E-state index >= 15 is 0 Å². The minimum atomic E-state index is -0.388. The van der Waals surface area contributed by atoms with Crippen LogP contribution < -0.4 is 21.1 Å². The Kier molecular flexibility index (Phi) is 4.90. The van der Waals surface area contributed by atoms with E-state index in [1.165, 1.54) is 0 Å². The van der Waals surface area contributed by atoms with Crippen LogP contribution in [0.25, 0.3) is 0 Å². The molecule has 0 saturated heterocycles. The molecule has 21 heavy (non-hydrogen) atoms. The van der Waals surface area contributed by atoms with Crippen LogP contribution in [-0.2, 0) is 0 Å². The summed E-state index contributed by atoms with van der Waals surface area (Å²) in [6, 6.07) is 11.9. The van der Waals surface area contributed by atoms with Crippen LogP contribution in [0.1, 0.15) is 5.56 Å². The van der Waals surface area contributed by atoms with E-state index in [0.717, 1.165) is 5.56 Å². The topological polar surface area (TPSA) is 76.4 Å². The maximum atomic E-state index is 11.7. The van der Waals surface area contributed by atoms with Gasteiger partial charge in [-0.25, -0.2) is 4.79 Å². The highest BCUT2D eigenvalue weighted by Crippen LogP contribution is 2.19. The number of nitrogen functional groups attached to an aromatic ring is 1. The number of rotatable bonds is 4. The molecule has 6 heteroatoms. The molecule has 0 saturated carbocycles. The van der Waals surface area contributed by atoms with E-state index in [-0.39, 0.29) is 12.8 Å². The smallest absolute Gasteiger partial charge is 0.321 e. The summed E-state index contributed by atoms with van der Waals surface area (Å²) in [4.78, 5) is 11.7. The summed E-state index contributed by atoms with van der Waals surface area (Å²) in [5.41, 5.74) is 7.87. The Morgan fingerprint density at radius 1 is 1.24 bits per heavy atom. The second-order valence-electron chi connectivity index (χ2n) is 4.46. The average Bonchev–Trinajstić information content (AvgIpc) is 2.45. The van der Waals surface area contributed by atoms with Crippen LogP contribution in [0.15, 0.2) is 42.5 Å². The first-order chi connectivity index (χ1) is 10.0. The van der Waals surface area contributed by atoms with E-state index in [0.29, 0.717) is 22.1 Å². The van der Waals surface area contributed by atoms with Gasteiger partial charge in [0.2, 0.25) is 0 Å². The normalized spacial score (nSPS) is 10.0. The zero-order chi connectivity index (χ0) is 15.2. The number of hydrogen-bond donors (Lipinski definition) is 3. The number of carbonyl (C=O) groups is 1. The van der Waals surface area contributed by atoms with Gasteiger partial charge in [0.25, 0.3) is 0 Å². The van der Waals surface area contributed by atoms with Crippen LogP contribution in [0.2, 0.25) is 5.02 Å². The third-order valence-corrected chi connectivity index (χ3v) is 2.99. The van der Waals surface area contributed by atoms with E-state index in [2.05, 4.69) is 10.6 Å². The van der Waals surface area contributed by atoms with Gasteiger partial charge in [0.1, 0.15) is 5.75 Å². The molecule has 4 N–H and O–H groups in total. The van der Waals surface area contributed by atoms with E-state index in [9.17, 15) is 4.79 Å². The molecule has 0 unspecified atom stereocenters. The lowest BCUT2D eigenvalue weighted by atomic mass is 10.2. The van der Waals surface area contributed by atoms with Crippen LogP contribution in [-0.4, -0.2) is 12.8 Å². The van der Waals surface area contributed by atoms with Gasteiger partial charge in [-0.05, 0) is 48.9 Å². The van der Waals surface area contributed by atoms with Crippen molar-refractivity contribution in [3.8, 4) is 5.75 Å². The van der Waals surface area contributed by atoms with Crippen molar-refractivity contribution < 1.29 is 9.53 Å². The van der Waals surface area contributed by atoms with Gasteiger partial charge < -0.3 is 21.1 Å². The molecule has 0 atom stereocenters. The Labute approximate surface area is 128 Å². The van der Waals surface area contributed by atoms with Gasteiger partial charge in [-0.3, -0.25) is 0 Å². The molecule has 2 rings (SSSR count). The molecule has 110 valence electrons. The van der Waals surface area contributed by atoms with Crippen LogP contribution >= 0.6 is 11.6 Å². The second kappa shape index (κ2) is 6.85. The maximum Gasteiger partial charge on any atom is 0.321 e. The average molecular weight is 306 g/mol. The SMILES string of the molecule is Cc1ccc(N)c(NC(=O)NCOc2ccc(Cl)cc2)c1. The number of aryl methyl sites for hydroxylation is 1. The van der Waals surface area contributed by atoms with Crippen LogP contribution in [0.3, 0.4) is 0 Å². The molecule has 0 bridgehead atoms. The molecule has 5 nitrogen and oxygen atoms in total. The van der Waals surface area contributed by atoms with E-state index in [1.807, 2.05) is 13.0 Å². The molecule has 0 heterocycles. The number of urea groups is 1.